The van der Waals surface area contributed by atoms with Crippen LogP contribution < -0.4 is 16.0 Å². The van der Waals surface area contributed by atoms with E-state index in [1.54, 1.807) is 24.3 Å². The van der Waals surface area contributed by atoms with Crippen LogP contribution in [0.1, 0.15) is 43.5 Å². The Balaban J connectivity index is 1.83. The lowest BCUT2D eigenvalue weighted by Crippen LogP contribution is -2.34. The van der Waals surface area contributed by atoms with Crippen molar-refractivity contribution in [2.45, 2.75) is 45.3 Å². The van der Waals surface area contributed by atoms with E-state index in [1.165, 1.54) is 0 Å². The fourth-order valence-corrected chi connectivity index (χ4v) is 2.47. The summed E-state index contributed by atoms with van der Waals surface area (Å²) in [6, 6.07) is 7.26. The largest absolute Gasteiger partial charge is 0.376 e. The van der Waals surface area contributed by atoms with Crippen molar-refractivity contribution in [2.75, 3.05) is 25.0 Å². The molecule has 2 amide bonds. The molecular weight excluding hydrogens is 306 g/mol. The first-order valence-electron chi connectivity index (χ1n) is 8.61. The lowest BCUT2D eigenvalue weighted by atomic mass is 10.1. The minimum Gasteiger partial charge on any atom is -0.376 e. The first kappa shape index (κ1) is 18.4. The van der Waals surface area contributed by atoms with Crippen molar-refractivity contribution in [3.63, 3.8) is 0 Å². The standard InChI is InChI=1S/C18H27N3O3/c1-3-13(2)19-12-17(22)21-15-7-4-6-14(10-15)18(23)20-11-16-8-5-9-24-16/h4,6-7,10,13,16,19H,3,5,8-9,11-12H2,1-2H3,(H,20,23)(H,21,22). The predicted molar refractivity (Wildman–Crippen MR) is 94.1 cm³/mol. The number of anilines is 1. The van der Waals surface area contributed by atoms with Gasteiger partial charge in [0.1, 0.15) is 0 Å². The SMILES string of the molecule is CCC(C)NCC(=O)Nc1cccc(C(=O)NCC2CCCO2)c1. The number of hydrogen-bond acceptors (Lipinski definition) is 4. The number of nitrogens with one attached hydrogen (secondary N) is 3. The molecule has 1 aromatic rings. The summed E-state index contributed by atoms with van der Waals surface area (Å²) in [6.07, 6.45) is 3.11. The van der Waals surface area contributed by atoms with E-state index in [0.29, 0.717) is 23.8 Å². The Hall–Kier alpha value is -1.92. The maximum Gasteiger partial charge on any atom is 0.251 e. The van der Waals surface area contributed by atoms with Crippen LogP contribution in [-0.2, 0) is 9.53 Å². The molecule has 1 aromatic carbocycles. The monoisotopic (exact) mass is 333 g/mol. The molecule has 1 aliphatic rings. The molecule has 0 bridgehead atoms. The van der Waals surface area contributed by atoms with Crippen LogP contribution in [0.4, 0.5) is 5.69 Å². The molecule has 1 heterocycles. The second-order valence-electron chi connectivity index (χ2n) is 6.16. The number of amides is 2. The molecule has 2 rings (SSSR count). The van der Waals surface area contributed by atoms with Gasteiger partial charge in [-0.05, 0) is 44.4 Å². The average Bonchev–Trinajstić information content (AvgIpc) is 3.11. The van der Waals surface area contributed by atoms with Gasteiger partial charge in [-0.1, -0.05) is 13.0 Å². The lowest BCUT2D eigenvalue weighted by Gasteiger charge is -2.13. The van der Waals surface area contributed by atoms with E-state index in [1.807, 2.05) is 6.92 Å². The van der Waals surface area contributed by atoms with Crippen LogP contribution in [-0.4, -0.2) is 43.7 Å². The third kappa shape index (κ3) is 5.94. The summed E-state index contributed by atoms with van der Waals surface area (Å²) in [5.74, 6) is -0.272. The van der Waals surface area contributed by atoms with Crippen LogP contribution in [0.3, 0.4) is 0 Å². The number of carbonyl (C=O) groups excluding carboxylic acids is 2. The Morgan fingerprint density at radius 3 is 2.92 bits per heavy atom. The molecule has 2 atom stereocenters. The van der Waals surface area contributed by atoms with Gasteiger partial charge in [-0.25, -0.2) is 0 Å². The highest BCUT2D eigenvalue weighted by Gasteiger charge is 2.16. The molecular formula is C18H27N3O3. The van der Waals surface area contributed by atoms with Gasteiger partial charge in [0.2, 0.25) is 5.91 Å². The molecule has 0 saturated carbocycles. The van der Waals surface area contributed by atoms with Gasteiger partial charge >= 0.3 is 0 Å². The van der Waals surface area contributed by atoms with E-state index in [9.17, 15) is 9.59 Å². The highest BCUT2D eigenvalue weighted by atomic mass is 16.5. The van der Waals surface area contributed by atoms with E-state index >= 15 is 0 Å². The van der Waals surface area contributed by atoms with Gasteiger partial charge in [0, 0.05) is 30.4 Å². The molecule has 6 nitrogen and oxygen atoms in total. The van der Waals surface area contributed by atoms with Crippen LogP contribution in [0.15, 0.2) is 24.3 Å². The highest BCUT2D eigenvalue weighted by molar-refractivity contribution is 5.97. The van der Waals surface area contributed by atoms with Crippen molar-refractivity contribution in [3.8, 4) is 0 Å². The molecule has 1 saturated heterocycles. The van der Waals surface area contributed by atoms with Gasteiger partial charge < -0.3 is 20.7 Å². The summed E-state index contributed by atoms with van der Waals surface area (Å²) < 4.78 is 5.49. The third-order valence-electron chi connectivity index (χ3n) is 4.15. The van der Waals surface area contributed by atoms with Crippen LogP contribution in [0.25, 0.3) is 0 Å². The first-order valence-corrected chi connectivity index (χ1v) is 8.61. The zero-order valence-corrected chi connectivity index (χ0v) is 14.4. The maximum atomic E-state index is 12.2. The molecule has 0 aliphatic carbocycles. The van der Waals surface area contributed by atoms with Crippen molar-refractivity contribution in [2.24, 2.45) is 0 Å². The number of ether oxygens (including phenoxy) is 1. The quantitative estimate of drug-likeness (QED) is 0.679. The fraction of sp³-hybridized carbons (Fsp3) is 0.556. The second-order valence-corrected chi connectivity index (χ2v) is 6.16. The van der Waals surface area contributed by atoms with Crippen molar-refractivity contribution < 1.29 is 14.3 Å². The fourth-order valence-electron chi connectivity index (χ4n) is 2.47. The smallest absolute Gasteiger partial charge is 0.251 e. The Morgan fingerprint density at radius 1 is 1.38 bits per heavy atom. The third-order valence-corrected chi connectivity index (χ3v) is 4.15. The van der Waals surface area contributed by atoms with Gasteiger partial charge in [0.25, 0.3) is 5.91 Å². The number of rotatable bonds is 8. The lowest BCUT2D eigenvalue weighted by molar-refractivity contribution is -0.115. The molecule has 0 spiro atoms. The first-order chi connectivity index (χ1) is 11.6. The van der Waals surface area contributed by atoms with Gasteiger partial charge in [-0.2, -0.15) is 0 Å². The zero-order chi connectivity index (χ0) is 17.4. The molecule has 1 aliphatic heterocycles. The van der Waals surface area contributed by atoms with Crippen molar-refractivity contribution >= 4 is 17.5 Å². The second kappa shape index (κ2) is 9.39. The van der Waals surface area contributed by atoms with Crippen molar-refractivity contribution in [1.82, 2.24) is 10.6 Å². The number of carbonyl (C=O) groups is 2. The van der Waals surface area contributed by atoms with Crippen LogP contribution in [0.5, 0.6) is 0 Å². The Labute approximate surface area is 143 Å². The number of hydrogen-bond donors (Lipinski definition) is 3. The Morgan fingerprint density at radius 2 is 2.21 bits per heavy atom. The molecule has 0 radical (unpaired) electrons. The predicted octanol–water partition coefficient (Wildman–Crippen LogP) is 1.92. The van der Waals surface area contributed by atoms with E-state index in [-0.39, 0.29) is 24.5 Å². The minimum atomic E-state index is -0.153. The van der Waals surface area contributed by atoms with E-state index in [0.717, 1.165) is 25.9 Å². The van der Waals surface area contributed by atoms with E-state index in [4.69, 9.17) is 4.74 Å². The van der Waals surface area contributed by atoms with Gasteiger partial charge in [0.05, 0.1) is 12.6 Å². The van der Waals surface area contributed by atoms with Gasteiger partial charge in [0.15, 0.2) is 0 Å². The summed E-state index contributed by atoms with van der Waals surface area (Å²) in [6.45, 7) is 5.64. The van der Waals surface area contributed by atoms with E-state index in [2.05, 4.69) is 22.9 Å². The molecule has 132 valence electrons. The van der Waals surface area contributed by atoms with Crippen molar-refractivity contribution in [3.05, 3.63) is 29.8 Å². The average molecular weight is 333 g/mol. The summed E-state index contributed by atoms with van der Waals surface area (Å²) in [5, 5.41) is 8.82. The minimum absolute atomic E-state index is 0.114. The Bertz CT molecular complexity index is 556. The maximum absolute atomic E-state index is 12.2. The highest BCUT2D eigenvalue weighted by Crippen LogP contribution is 2.13. The molecule has 0 aromatic heterocycles. The molecule has 1 fully saturated rings. The summed E-state index contributed by atoms with van der Waals surface area (Å²) in [5.41, 5.74) is 1.15. The molecule has 24 heavy (non-hydrogen) atoms. The summed E-state index contributed by atoms with van der Waals surface area (Å²) >= 11 is 0. The number of benzene rings is 1. The normalized spacial score (nSPS) is 18.2. The molecule has 6 heteroatoms. The molecule has 3 N–H and O–H groups in total. The van der Waals surface area contributed by atoms with Gasteiger partial charge in [-0.15, -0.1) is 0 Å². The van der Waals surface area contributed by atoms with Crippen LogP contribution in [0.2, 0.25) is 0 Å². The topological polar surface area (TPSA) is 79.5 Å². The van der Waals surface area contributed by atoms with Crippen LogP contribution >= 0.6 is 0 Å². The molecule has 2 unspecified atom stereocenters. The van der Waals surface area contributed by atoms with Crippen molar-refractivity contribution in [1.29, 1.82) is 0 Å². The van der Waals surface area contributed by atoms with E-state index < -0.39 is 0 Å². The zero-order valence-electron chi connectivity index (χ0n) is 14.4. The Kier molecular flexibility index (Phi) is 7.21. The summed E-state index contributed by atoms with van der Waals surface area (Å²) in [4.78, 5) is 24.1. The van der Waals surface area contributed by atoms with Gasteiger partial charge in [-0.3, -0.25) is 9.59 Å². The summed E-state index contributed by atoms with van der Waals surface area (Å²) in [7, 11) is 0. The van der Waals surface area contributed by atoms with Crippen LogP contribution in [0, 0.1) is 0 Å².